The lowest BCUT2D eigenvalue weighted by molar-refractivity contribution is 0.914. The Morgan fingerprint density at radius 3 is 2.25 bits per heavy atom. The van der Waals surface area contributed by atoms with Gasteiger partial charge in [-0.2, -0.15) is 0 Å². The van der Waals surface area contributed by atoms with Gasteiger partial charge in [0.2, 0.25) is 0 Å². The molecule has 0 radical (unpaired) electrons. The first kappa shape index (κ1) is 14.4. The minimum Gasteiger partial charge on any atom is -0.283 e. The van der Waals surface area contributed by atoms with Gasteiger partial charge in [0.05, 0.1) is 11.2 Å². The van der Waals surface area contributed by atoms with Gasteiger partial charge in [-0.15, -0.1) is 0 Å². The Labute approximate surface area is 140 Å². The van der Waals surface area contributed by atoms with Gasteiger partial charge in [-0.1, -0.05) is 60.7 Å². The van der Waals surface area contributed by atoms with Crippen LogP contribution in [0.15, 0.2) is 78.9 Å². The summed E-state index contributed by atoms with van der Waals surface area (Å²) in [6.45, 7) is 2.06. The molecule has 0 aliphatic rings. The zero-order chi connectivity index (χ0) is 16.5. The fraction of sp³-hybridized carbons (Fsp3) is 0.0476. The van der Waals surface area contributed by atoms with Crippen LogP contribution in [0.25, 0.3) is 28.0 Å². The lowest BCUT2D eigenvalue weighted by atomic mass is 10.1. The first-order valence-corrected chi connectivity index (χ1v) is 7.93. The Bertz CT molecular complexity index is 1080. The molecule has 0 fully saturated rings. The molecule has 0 saturated carbocycles. The molecule has 4 aromatic rings. The fourth-order valence-corrected chi connectivity index (χ4v) is 2.99. The summed E-state index contributed by atoms with van der Waals surface area (Å²) < 4.78 is 1.94. The molecule has 0 aliphatic heterocycles. The third-order valence-electron chi connectivity index (χ3n) is 4.21. The average molecular weight is 311 g/mol. The van der Waals surface area contributed by atoms with Crippen molar-refractivity contribution in [2.75, 3.05) is 0 Å². The fourth-order valence-electron chi connectivity index (χ4n) is 2.99. The summed E-state index contributed by atoms with van der Waals surface area (Å²) in [5, 5.41) is 9.63. The zero-order valence-corrected chi connectivity index (χ0v) is 13.4. The maximum atomic E-state index is 8.79. The van der Waals surface area contributed by atoms with Crippen molar-refractivity contribution in [3.8, 4) is 17.1 Å². The molecular weight excluding hydrogens is 294 g/mol. The van der Waals surface area contributed by atoms with E-state index < -0.39 is 0 Å². The molecule has 116 valence electrons. The lowest BCUT2D eigenvalue weighted by Crippen LogP contribution is -2.22. The second-order valence-electron chi connectivity index (χ2n) is 5.79. The van der Waals surface area contributed by atoms with Gasteiger partial charge in [-0.3, -0.25) is 9.98 Å². The summed E-state index contributed by atoms with van der Waals surface area (Å²) in [6, 6.07) is 26.0. The van der Waals surface area contributed by atoms with Crippen LogP contribution in [0.3, 0.4) is 0 Å². The van der Waals surface area contributed by atoms with Crippen molar-refractivity contribution in [3.05, 3.63) is 89.9 Å². The molecule has 4 rings (SSSR count). The molecule has 0 saturated heterocycles. The summed E-state index contributed by atoms with van der Waals surface area (Å²) in [6.07, 6.45) is 0. The molecule has 0 amide bonds. The van der Waals surface area contributed by atoms with Crippen LogP contribution in [0.5, 0.6) is 0 Å². The van der Waals surface area contributed by atoms with E-state index in [2.05, 4.69) is 13.0 Å². The minimum atomic E-state index is 0.453. The quantitative estimate of drug-likeness (QED) is 0.582. The van der Waals surface area contributed by atoms with Crippen LogP contribution in [0.1, 0.15) is 5.56 Å². The molecule has 1 aromatic heterocycles. The van der Waals surface area contributed by atoms with Crippen molar-refractivity contribution < 1.29 is 0 Å². The molecule has 1 N–H and O–H groups in total. The standard InChI is InChI=1S/C21H17N3/c1-15-9-5-8-14-19(15)24-20(22)17-12-6-7-13-18(17)23-21(24)16-10-3-2-4-11-16/h2-14,22H,1H3. The van der Waals surface area contributed by atoms with Gasteiger partial charge in [0.15, 0.2) is 0 Å². The predicted octanol–water partition coefficient (Wildman–Crippen LogP) is 4.48. The molecule has 1 heterocycles. The number of rotatable bonds is 2. The first-order valence-electron chi connectivity index (χ1n) is 7.93. The summed E-state index contributed by atoms with van der Waals surface area (Å²) >= 11 is 0. The maximum absolute atomic E-state index is 8.79. The van der Waals surface area contributed by atoms with Crippen molar-refractivity contribution in [1.82, 2.24) is 9.55 Å². The monoisotopic (exact) mass is 311 g/mol. The van der Waals surface area contributed by atoms with Crippen LogP contribution >= 0.6 is 0 Å². The number of aryl methyl sites for hydroxylation is 1. The van der Waals surface area contributed by atoms with Crippen molar-refractivity contribution in [1.29, 1.82) is 5.41 Å². The van der Waals surface area contributed by atoms with Crippen LogP contribution in [0.2, 0.25) is 0 Å². The van der Waals surface area contributed by atoms with E-state index in [9.17, 15) is 0 Å². The Morgan fingerprint density at radius 2 is 1.46 bits per heavy atom. The highest BCUT2D eigenvalue weighted by Gasteiger charge is 2.13. The van der Waals surface area contributed by atoms with Crippen molar-refractivity contribution >= 4 is 10.9 Å². The van der Waals surface area contributed by atoms with Gasteiger partial charge in [0, 0.05) is 10.9 Å². The van der Waals surface area contributed by atoms with Gasteiger partial charge in [0.1, 0.15) is 11.3 Å². The highest BCUT2D eigenvalue weighted by atomic mass is 15.1. The number of benzene rings is 3. The topological polar surface area (TPSA) is 41.7 Å². The van der Waals surface area contributed by atoms with Crippen molar-refractivity contribution in [3.63, 3.8) is 0 Å². The number of hydrogen-bond donors (Lipinski definition) is 1. The van der Waals surface area contributed by atoms with Crippen LogP contribution in [-0.2, 0) is 0 Å². The molecule has 3 aromatic carbocycles. The van der Waals surface area contributed by atoms with Crippen LogP contribution in [0.4, 0.5) is 0 Å². The number of hydrogen-bond acceptors (Lipinski definition) is 2. The number of para-hydroxylation sites is 2. The average Bonchev–Trinajstić information content (AvgIpc) is 2.63. The zero-order valence-electron chi connectivity index (χ0n) is 13.4. The third kappa shape index (κ3) is 2.31. The van der Waals surface area contributed by atoms with Gasteiger partial charge in [-0.25, -0.2) is 4.98 Å². The van der Waals surface area contributed by atoms with Gasteiger partial charge in [0.25, 0.3) is 0 Å². The van der Waals surface area contributed by atoms with Gasteiger partial charge in [-0.05, 0) is 30.7 Å². The molecule has 0 aliphatic carbocycles. The second-order valence-corrected chi connectivity index (χ2v) is 5.79. The highest BCUT2D eigenvalue weighted by molar-refractivity contribution is 5.80. The Hall–Kier alpha value is -3.20. The van der Waals surface area contributed by atoms with Crippen molar-refractivity contribution in [2.24, 2.45) is 0 Å². The van der Waals surface area contributed by atoms with Crippen molar-refractivity contribution in [2.45, 2.75) is 6.92 Å². The predicted molar refractivity (Wildman–Crippen MR) is 97.1 cm³/mol. The van der Waals surface area contributed by atoms with Crippen LogP contribution in [-0.4, -0.2) is 9.55 Å². The normalized spacial score (nSPS) is 10.9. The largest absolute Gasteiger partial charge is 0.283 e. The van der Waals surface area contributed by atoms with E-state index >= 15 is 0 Å². The molecule has 0 atom stereocenters. The smallest absolute Gasteiger partial charge is 0.146 e. The Morgan fingerprint density at radius 1 is 0.792 bits per heavy atom. The van der Waals surface area contributed by atoms with E-state index in [0.717, 1.165) is 33.5 Å². The van der Waals surface area contributed by atoms with E-state index in [4.69, 9.17) is 10.4 Å². The number of nitrogens with zero attached hydrogens (tertiary/aromatic N) is 2. The number of fused-ring (bicyclic) bond motifs is 1. The SMILES string of the molecule is Cc1ccccc1-n1c(-c2ccccc2)nc2ccccc2c1=N. The highest BCUT2D eigenvalue weighted by Crippen LogP contribution is 2.23. The Kier molecular flexibility index (Phi) is 3.47. The molecule has 3 nitrogen and oxygen atoms in total. The number of aromatic nitrogens is 2. The van der Waals surface area contributed by atoms with Crippen LogP contribution in [0, 0.1) is 12.3 Å². The maximum Gasteiger partial charge on any atom is 0.146 e. The van der Waals surface area contributed by atoms with E-state index in [1.54, 1.807) is 0 Å². The molecule has 0 spiro atoms. The molecule has 0 unspecified atom stereocenters. The second kappa shape index (κ2) is 5.78. The summed E-state index contributed by atoms with van der Waals surface area (Å²) in [5.41, 5.74) is 4.39. The lowest BCUT2D eigenvalue weighted by Gasteiger charge is -2.17. The van der Waals surface area contributed by atoms with E-state index in [1.165, 1.54) is 0 Å². The minimum absolute atomic E-state index is 0.453. The summed E-state index contributed by atoms with van der Waals surface area (Å²) in [7, 11) is 0. The summed E-state index contributed by atoms with van der Waals surface area (Å²) in [5.74, 6) is 0.786. The molecule has 24 heavy (non-hydrogen) atoms. The van der Waals surface area contributed by atoms with E-state index in [-0.39, 0.29) is 0 Å². The molecular formula is C21H17N3. The number of nitrogens with one attached hydrogen (secondary N) is 1. The third-order valence-corrected chi connectivity index (χ3v) is 4.21. The summed E-state index contributed by atoms with van der Waals surface area (Å²) in [4.78, 5) is 4.87. The van der Waals surface area contributed by atoms with Gasteiger partial charge < -0.3 is 0 Å². The molecule has 3 heteroatoms. The van der Waals surface area contributed by atoms with E-state index in [0.29, 0.717) is 5.49 Å². The van der Waals surface area contributed by atoms with E-state index in [1.807, 2.05) is 77.4 Å². The Balaban J connectivity index is 2.16. The first-order chi connectivity index (χ1) is 11.8. The van der Waals surface area contributed by atoms with Gasteiger partial charge >= 0.3 is 0 Å². The molecule has 0 bridgehead atoms. The van der Waals surface area contributed by atoms with Crippen LogP contribution < -0.4 is 5.49 Å².